The maximum Gasteiger partial charge on any atom is 0.416 e. The molecule has 27 heavy (non-hydrogen) atoms. The van der Waals surface area contributed by atoms with Crippen molar-refractivity contribution >= 4 is 23.2 Å². The highest BCUT2D eigenvalue weighted by molar-refractivity contribution is 6.04. The molecule has 0 aliphatic carbocycles. The molecule has 0 saturated carbocycles. The Morgan fingerprint density at radius 2 is 1.63 bits per heavy atom. The molecule has 0 atom stereocenters. The SMILES string of the molecule is CNCCCC(=O)Nc1cccc(NC(=O)c2cccc(C(F)(F)F)c2)c1. The first-order valence-corrected chi connectivity index (χ1v) is 8.33. The molecule has 0 aliphatic heterocycles. The fourth-order valence-electron chi connectivity index (χ4n) is 2.36. The molecule has 0 bridgehead atoms. The van der Waals surface area contributed by atoms with Crippen LogP contribution < -0.4 is 16.0 Å². The molecule has 144 valence electrons. The molecule has 5 nitrogen and oxygen atoms in total. The lowest BCUT2D eigenvalue weighted by molar-refractivity contribution is -0.137. The van der Waals surface area contributed by atoms with Crippen LogP contribution in [0.1, 0.15) is 28.8 Å². The fourth-order valence-corrected chi connectivity index (χ4v) is 2.36. The van der Waals surface area contributed by atoms with Crippen molar-refractivity contribution < 1.29 is 22.8 Å². The van der Waals surface area contributed by atoms with Gasteiger partial charge in [-0.25, -0.2) is 0 Å². The minimum absolute atomic E-state index is 0.105. The second-order valence-electron chi connectivity index (χ2n) is 5.87. The zero-order valence-electron chi connectivity index (χ0n) is 14.7. The van der Waals surface area contributed by atoms with Crippen LogP contribution in [0.25, 0.3) is 0 Å². The monoisotopic (exact) mass is 379 g/mol. The minimum Gasteiger partial charge on any atom is -0.326 e. The molecule has 2 aromatic carbocycles. The number of alkyl halides is 3. The van der Waals surface area contributed by atoms with Gasteiger partial charge >= 0.3 is 6.18 Å². The van der Waals surface area contributed by atoms with Crippen LogP contribution in [0.4, 0.5) is 24.5 Å². The van der Waals surface area contributed by atoms with Gasteiger partial charge in [0.05, 0.1) is 5.56 Å². The van der Waals surface area contributed by atoms with Gasteiger partial charge in [0.2, 0.25) is 5.91 Å². The van der Waals surface area contributed by atoms with E-state index in [2.05, 4.69) is 16.0 Å². The highest BCUT2D eigenvalue weighted by Gasteiger charge is 2.30. The fraction of sp³-hybridized carbons (Fsp3) is 0.263. The van der Waals surface area contributed by atoms with E-state index in [1.807, 2.05) is 0 Å². The quantitative estimate of drug-likeness (QED) is 0.639. The number of carbonyl (C=O) groups is 2. The summed E-state index contributed by atoms with van der Waals surface area (Å²) in [5.41, 5.74) is -0.138. The Balaban J connectivity index is 2.03. The smallest absolute Gasteiger partial charge is 0.326 e. The second kappa shape index (κ2) is 9.18. The van der Waals surface area contributed by atoms with E-state index in [0.717, 1.165) is 18.7 Å². The summed E-state index contributed by atoms with van der Waals surface area (Å²) in [6.07, 6.45) is -3.48. The summed E-state index contributed by atoms with van der Waals surface area (Å²) >= 11 is 0. The Hall–Kier alpha value is -2.87. The summed E-state index contributed by atoms with van der Waals surface area (Å²) in [5.74, 6) is -0.829. The molecule has 0 saturated heterocycles. The van der Waals surface area contributed by atoms with E-state index < -0.39 is 17.6 Å². The van der Waals surface area contributed by atoms with Crippen molar-refractivity contribution in [1.29, 1.82) is 0 Å². The molecule has 0 radical (unpaired) electrons. The van der Waals surface area contributed by atoms with Crippen molar-refractivity contribution in [3.05, 3.63) is 59.7 Å². The Labute approximate surface area is 155 Å². The molecule has 2 aromatic rings. The van der Waals surface area contributed by atoms with Crippen LogP contribution in [0.15, 0.2) is 48.5 Å². The first-order chi connectivity index (χ1) is 12.8. The van der Waals surface area contributed by atoms with Crippen LogP contribution in [-0.2, 0) is 11.0 Å². The minimum atomic E-state index is -4.52. The molecule has 2 amide bonds. The maximum absolute atomic E-state index is 12.8. The predicted octanol–water partition coefficient (Wildman–Crippen LogP) is 3.90. The molecule has 8 heteroatoms. The van der Waals surface area contributed by atoms with E-state index in [1.165, 1.54) is 12.1 Å². The summed E-state index contributed by atoms with van der Waals surface area (Å²) in [6.45, 7) is 0.723. The van der Waals surface area contributed by atoms with E-state index in [4.69, 9.17) is 0 Å². The van der Waals surface area contributed by atoms with Crippen LogP contribution in [0.3, 0.4) is 0 Å². The standard InChI is InChI=1S/C19H20F3N3O2/c1-23-10-4-9-17(26)24-15-7-3-8-16(12-15)25-18(27)13-5-2-6-14(11-13)19(20,21)22/h2-3,5-8,11-12,23H,4,9-10H2,1H3,(H,24,26)(H,25,27). The lowest BCUT2D eigenvalue weighted by Crippen LogP contribution is -2.16. The van der Waals surface area contributed by atoms with Crippen LogP contribution >= 0.6 is 0 Å². The Bertz CT molecular complexity index is 807. The van der Waals surface area contributed by atoms with Gasteiger partial charge in [-0.1, -0.05) is 12.1 Å². The van der Waals surface area contributed by atoms with Crippen molar-refractivity contribution in [2.75, 3.05) is 24.2 Å². The molecular formula is C19H20F3N3O2. The van der Waals surface area contributed by atoms with Crippen molar-refractivity contribution in [2.24, 2.45) is 0 Å². The molecule has 0 fully saturated rings. The molecule has 0 unspecified atom stereocenters. The third kappa shape index (κ3) is 6.41. The number of benzene rings is 2. The molecule has 0 aliphatic rings. The molecule has 0 aromatic heterocycles. The number of rotatable bonds is 7. The van der Waals surface area contributed by atoms with Gasteiger partial charge in [-0.2, -0.15) is 13.2 Å². The van der Waals surface area contributed by atoms with Gasteiger partial charge in [-0.3, -0.25) is 9.59 Å². The number of carbonyl (C=O) groups excluding carboxylic acids is 2. The van der Waals surface area contributed by atoms with E-state index in [0.29, 0.717) is 24.2 Å². The number of hydrogen-bond acceptors (Lipinski definition) is 3. The van der Waals surface area contributed by atoms with Gasteiger partial charge in [0, 0.05) is 23.4 Å². The Morgan fingerprint density at radius 3 is 2.30 bits per heavy atom. The van der Waals surface area contributed by atoms with Gasteiger partial charge in [-0.05, 0) is 56.4 Å². The zero-order valence-corrected chi connectivity index (χ0v) is 14.7. The first-order valence-electron chi connectivity index (χ1n) is 8.33. The van der Waals surface area contributed by atoms with Crippen LogP contribution in [-0.4, -0.2) is 25.4 Å². The molecule has 0 spiro atoms. The number of anilines is 2. The van der Waals surface area contributed by atoms with E-state index in [1.54, 1.807) is 31.3 Å². The van der Waals surface area contributed by atoms with E-state index >= 15 is 0 Å². The van der Waals surface area contributed by atoms with Crippen molar-refractivity contribution in [3.63, 3.8) is 0 Å². The highest BCUT2D eigenvalue weighted by Crippen LogP contribution is 2.29. The van der Waals surface area contributed by atoms with E-state index in [9.17, 15) is 22.8 Å². The lowest BCUT2D eigenvalue weighted by atomic mass is 10.1. The van der Waals surface area contributed by atoms with Crippen molar-refractivity contribution in [2.45, 2.75) is 19.0 Å². The largest absolute Gasteiger partial charge is 0.416 e. The summed E-state index contributed by atoms with van der Waals surface area (Å²) in [4.78, 5) is 24.1. The van der Waals surface area contributed by atoms with E-state index in [-0.39, 0.29) is 11.5 Å². The second-order valence-corrected chi connectivity index (χ2v) is 5.87. The Morgan fingerprint density at radius 1 is 0.963 bits per heavy atom. The summed E-state index contributed by atoms with van der Waals surface area (Å²) < 4.78 is 38.3. The van der Waals surface area contributed by atoms with Crippen LogP contribution in [0, 0.1) is 0 Å². The van der Waals surface area contributed by atoms with Gasteiger partial charge < -0.3 is 16.0 Å². The van der Waals surface area contributed by atoms with Crippen molar-refractivity contribution in [1.82, 2.24) is 5.32 Å². The van der Waals surface area contributed by atoms with Crippen LogP contribution in [0.2, 0.25) is 0 Å². The average molecular weight is 379 g/mol. The van der Waals surface area contributed by atoms with Crippen molar-refractivity contribution in [3.8, 4) is 0 Å². The maximum atomic E-state index is 12.8. The highest BCUT2D eigenvalue weighted by atomic mass is 19.4. The third-order valence-corrected chi connectivity index (χ3v) is 3.69. The number of amides is 2. The first kappa shape index (κ1) is 20.4. The van der Waals surface area contributed by atoms with Gasteiger partial charge in [0.1, 0.15) is 0 Å². The third-order valence-electron chi connectivity index (χ3n) is 3.69. The number of nitrogens with one attached hydrogen (secondary N) is 3. The molecule has 0 heterocycles. The van der Waals surface area contributed by atoms with Crippen LogP contribution in [0.5, 0.6) is 0 Å². The molecule has 3 N–H and O–H groups in total. The number of hydrogen-bond donors (Lipinski definition) is 3. The zero-order chi connectivity index (χ0) is 19.9. The summed E-state index contributed by atoms with van der Waals surface area (Å²) in [6, 6.07) is 10.6. The Kier molecular flexibility index (Phi) is 6.95. The predicted molar refractivity (Wildman–Crippen MR) is 97.6 cm³/mol. The normalized spacial score (nSPS) is 11.1. The van der Waals surface area contributed by atoms with Gasteiger partial charge in [0.15, 0.2) is 0 Å². The van der Waals surface area contributed by atoms with Gasteiger partial charge in [-0.15, -0.1) is 0 Å². The summed E-state index contributed by atoms with van der Waals surface area (Å²) in [7, 11) is 1.80. The lowest BCUT2D eigenvalue weighted by Gasteiger charge is -2.11. The van der Waals surface area contributed by atoms with Gasteiger partial charge in [0.25, 0.3) is 5.91 Å². The average Bonchev–Trinajstić information content (AvgIpc) is 2.61. The molecular weight excluding hydrogens is 359 g/mol. The summed E-state index contributed by atoms with van der Waals surface area (Å²) in [5, 5.41) is 8.20. The topological polar surface area (TPSA) is 70.2 Å². The molecule has 2 rings (SSSR count). The number of halogens is 3.